The molecule has 1 aromatic carbocycles. The summed E-state index contributed by atoms with van der Waals surface area (Å²) in [5, 5.41) is 3.76. The molecule has 0 radical (unpaired) electrons. The number of carbonyl (C=O) groups is 2. The molecule has 0 bridgehead atoms. The first-order valence-electron chi connectivity index (χ1n) is 8.78. The van der Waals surface area contributed by atoms with Crippen LogP contribution in [0.2, 0.25) is 0 Å². The molecule has 1 atom stereocenters. The van der Waals surface area contributed by atoms with Crippen LogP contribution in [0.15, 0.2) is 53.3 Å². The molecule has 1 N–H and O–H groups in total. The first-order chi connectivity index (χ1) is 13.5. The number of aromatic nitrogens is 2. The summed E-state index contributed by atoms with van der Waals surface area (Å²) in [6.45, 7) is 2.85. The van der Waals surface area contributed by atoms with Gasteiger partial charge in [0, 0.05) is 27.9 Å². The number of carbonyl (C=O) groups excluding carboxylic acids is 2. The van der Waals surface area contributed by atoms with E-state index in [0.717, 1.165) is 21.1 Å². The van der Waals surface area contributed by atoms with Crippen molar-refractivity contribution in [2.75, 3.05) is 18.1 Å². The van der Waals surface area contributed by atoms with Gasteiger partial charge in [-0.1, -0.05) is 12.1 Å². The Labute approximate surface area is 169 Å². The van der Waals surface area contributed by atoms with Gasteiger partial charge in [0.2, 0.25) is 0 Å². The van der Waals surface area contributed by atoms with Gasteiger partial charge in [-0.3, -0.25) is 9.69 Å². The number of ether oxygens (including phenoxy) is 1. The summed E-state index contributed by atoms with van der Waals surface area (Å²) in [6, 6.07) is 10.9. The fourth-order valence-electron chi connectivity index (χ4n) is 3.06. The molecule has 8 heteroatoms. The third kappa shape index (κ3) is 3.68. The summed E-state index contributed by atoms with van der Waals surface area (Å²) in [5.74, 6) is -0.214. The van der Waals surface area contributed by atoms with Gasteiger partial charge in [-0.2, -0.15) is 0 Å². The molecule has 28 heavy (non-hydrogen) atoms. The van der Waals surface area contributed by atoms with Crippen molar-refractivity contribution in [1.82, 2.24) is 15.3 Å². The van der Waals surface area contributed by atoms with Gasteiger partial charge in [-0.25, -0.2) is 14.8 Å². The summed E-state index contributed by atoms with van der Waals surface area (Å²) in [4.78, 5) is 34.3. The molecule has 0 saturated carbocycles. The number of hydrogen-bond acceptors (Lipinski definition) is 5. The number of benzene rings is 1. The fraction of sp³-hybridized carbons (Fsp3) is 0.200. The Balaban J connectivity index is 1.47. The predicted octanol–water partition coefficient (Wildman–Crippen LogP) is 3.84. The quantitative estimate of drug-likeness (QED) is 0.665. The van der Waals surface area contributed by atoms with Crippen molar-refractivity contribution in [3.05, 3.63) is 64.4 Å². The second-order valence-corrected chi connectivity index (χ2v) is 7.39. The molecule has 3 heterocycles. The lowest BCUT2D eigenvalue weighted by Crippen LogP contribution is -2.27. The van der Waals surface area contributed by atoms with Gasteiger partial charge in [0.1, 0.15) is 6.61 Å². The normalized spacial score (nSPS) is 14.8. The van der Waals surface area contributed by atoms with Crippen LogP contribution >= 0.6 is 15.9 Å². The van der Waals surface area contributed by atoms with Crippen LogP contribution in [0.3, 0.4) is 0 Å². The number of halogens is 1. The van der Waals surface area contributed by atoms with Gasteiger partial charge >= 0.3 is 6.09 Å². The van der Waals surface area contributed by atoms with Gasteiger partial charge in [-0.15, -0.1) is 0 Å². The molecule has 1 unspecified atom stereocenters. The summed E-state index contributed by atoms with van der Waals surface area (Å²) < 4.78 is 5.78. The summed E-state index contributed by atoms with van der Waals surface area (Å²) in [7, 11) is 0. The van der Waals surface area contributed by atoms with E-state index in [0.29, 0.717) is 24.4 Å². The van der Waals surface area contributed by atoms with Crippen molar-refractivity contribution < 1.29 is 14.3 Å². The highest BCUT2D eigenvalue weighted by atomic mass is 79.9. The number of rotatable bonds is 4. The third-order valence-corrected chi connectivity index (χ3v) is 5.01. The van der Waals surface area contributed by atoms with E-state index >= 15 is 0 Å². The Bertz CT molecular complexity index is 1060. The summed E-state index contributed by atoms with van der Waals surface area (Å²) >= 11 is 3.38. The number of amides is 2. The molecule has 7 nitrogen and oxygen atoms in total. The molecule has 1 fully saturated rings. The Kier molecular flexibility index (Phi) is 4.95. The Morgan fingerprint density at radius 1 is 1.21 bits per heavy atom. The van der Waals surface area contributed by atoms with Crippen LogP contribution in [0.25, 0.3) is 11.0 Å². The first-order valence-corrected chi connectivity index (χ1v) is 9.57. The van der Waals surface area contributed by atoms with Gasteiger partial charge in [0.15, 0.2) is 5.65 Å². The van der Waals surface area contributed by atoms with Gasteiger partial charge < -0.3 is 10.1 Å². The van der Waals surface area contributed by atoms with E-state index < -0.39 is 0 Å². The molecule has 3 aromatic rings. The van der Waals surface area contributed by atoms with Gasteiger partial charge in [0.25, 0.3) is 5.91 Å². The lowest BCUT2D eigenvalue weighted by molar-refractivity contribution is 0.0939. The van der Waals surface area contributed by atoms with Gasteiger partial charge in [-0.05, 0) is 52.7 Å². The van der Waals surface area contributed by atoms with Gasteiger partial charge in [0.05, 0.1) is 18.2 Å². The molecule has 2 aromatic heterocycles. The monoisotopic (exact) mass is 440 g/mol. The number of hydrogen-bond donors (Lipinski definition) is 1. The molecule has 142 valence electrons. The van der Waals surface area contributed by atoms with Crippen molar-refractivity contribution in [2.24, 2.45) is 0 Å². The van der Waals surface area contributed by atoms with Crippen molar-refractivity contribution in [3.63, 3.8) is 0 Å². The molecule has 1 aliphatic heterocycles. The van der Waals surface area contributed by atoms with Crippen molar-refractivity contribution in [2.45, 2.75) is 13.0 Å². The number of pyridine rings is 2. The Hall–Kier alpha value is -3.00. The second-order valence-electron chi connectivity index (χ2n) is 6.48. The zero-order chi connectivity index (χ0) is 19.7. The Morgan fingerprint density at radius 2 is 1.96 bits per heavy atom. The molecule has 0 aliphatic carbocycles. The predicted molar refractivity (Wildman–Crippen MR) is 108 cm³/mol. The average molecular weight is 441 g/mol. The minimum Gasteiger partial charge on any atom is -0.447 e. The maximum Gasteiger partial charge on any atom is 0.414 e. The number of cyclic esters (lactones) is 1. The zero-order valence-electron chi connectivity index (χ0n) is 15.1. The van der Waals surface area contributed by atoms with E-state index in [1.165, 1.54) is 6.20 Å². The average Bonchev–Trinajstić information content (AvgIpc) is 3.13. The molecular formula is C20H17BrN4O3. The number of fused-ring (bicyclic) bond motifs is 1. The largest absolute Gasteiger partial charge is 0.447 e. The first kappa shape index (κ1) is 18.4. The van der Waals surface area contributed by atoms with E-state index in [2.05, 4.69) is 31.2 Å². The molecule has 4 rings (SSSR count). The maximum atomic E-state index is 12.6. The molecule has 1 saturated heterocycles. The van der Waals surface area contributed by atoms with Crippen LogP contribution in [0.5, 0.6) is 0 Å². The highest BCUT2D eigenvalue weighted by Gasteiger charge is 2.23. The van der Waals surface area contributed by atoms with Crippen LogP contribution in [-0.4, -0.2) is 35.1 Å². The fourth-order valence-corrected chi connectivity index (χ4v) is 3.40. The maximum absolute atomic E-state index is 12.6. The minimum absolute atomic E-state index is 0.205. The van der Waals surface area contributed by atoms with Crippen molar-refractivity contribution in [3.8, 4) is 0 Å². The van der Waals surface area contributed by atoms with Crippen molar-refractivity contribution >= 4 is 44.7 Å². The van der Waals surface area contributed by atoms with Crippen LogP contribution < -0.4 is 10.2 Å². The summed E-state index contributed by atoms with van der Waals surface area (Å²) in [6.07, 6.45) is 2.86. The SMILES string of the molecule is CC(NC(=O)c1cnc2ncc(Br)cc2c1)c1ccc(N2CCOC2=O)cc1. The van der Waals surface area contributed by atoms with E-state index in [1.807, 2.05) is 37.3 Å². The van der Waals surface area contributed by atoms with E-state index in [4.69, 9.17) is 4.74 Å². The smallest absolute Gasteiger partial charge is 0.414 e. The zero-order valence-corrected chi connectivity index (χ0v) is 16.6. The minimum atomic E-state index is -0.334. The van der Waals surface area contributed by atoms with E-state index in [1.54, 1.807) is 17.2 Å². The molecular weight excluding hydrogens is 424 g/mol. The molecule has 1 aliphatic rings. The van der Waals surface area contributed by atoms with Crippen LogP contribution in [0.1, 0.15) is 28.9 Å². The third-order valence-electron chi connectivity index (χ3n) is 4.57. The lowest BCUT2D eigenvalue weighted by Gasteiger charge is -2.17. The highest BCUT2D eigenvalue weighted by molar-refractivity contribution is 9.10. The van der Waals surface area contributed by atoms with Crippen LogP contribution in [0, 0.1) is 0 Å². The van der Waals surface area contributed by atoms with Crippen LogP contribution in [-0.2, 0) is 4.74 Å². The molecule has 0 spiro atoms. The van der Waals surface area contributed by atoms with Crippen molar-refractivity contribution in [1.29, 1.82) is 0 Å². The topological polar surface area (TPSA) is 84.4 Å². The van der Waals surface area contributed by atoms with E-state index in [-0.39, 0.29) is 18.0 Å². The Morgan fingerprint density at radius 3 is 2.68 bits per heavy atom. The number of nitrogens with zero attached hydrogens (tertiary/aromatic N) is 3. The molecule has 2 amide bonds. The lowest BCUT2D eigenvalue weighted by atomic mass is 10.1. The second kappa shape index (κ2) is 7.55. The summed E-state index contributed by atoms with van der Waals surface area (Å²) in [5.41, 5.74) is 2.77. The van der Waals surface area contributed by atoms with Crippen LogP contribution in [0.4, 0.5) is 10.5 Å². The number of anilines is 1. The number of nitrogens with one attached hydrogen (secondary N) is 1. The highest BCUT2D eigenvalue weighted by Crippen LogP contribution is 2.22. The van der Waals surface area contributed by atoms with E-state index in [9.17, 15) is 9.59 Å². The standard InChI is InChI=1S/C20H17BrN4O3/c1-12(13-2-4-17(5-3-13)25-6-7-28-20(25)27)24-19(26)15-8-14-9-16(21)11-23-18(14)22-10-15/h2-5,8-12H,6-7H2,1H3,(H,24,26).